The number of anilines is 1. The molecule has 2 amide bonds. The minimum Gasteiger partial charge on any atom is -0.478 e. The van der Waals surface area contributed by atoms with Crippen LogP contribution in [-0.4, -0.2) is 31.0 Å². The lowest BCUT2D eigenvalue weighted by Crippen LogP contribution is -2.41. The van der Waals surface area contributed by atoms with Crippen LogP contribution in [0.2, 0.25) is 0 Å². The fourth-order valence-corrected chi connectivity index (χ4v) is 3.19. The first kappa shape index (κ1) is 16.8. The Bertz CT molecular complexity index is 626. The molecule has 3 N–H and O–H groups in total. The molecular formula is C18H25N3O3. The molecule has 1 aromatic carbocycles. The van der Waals surface area contributed by atoms with Gasteiger partial charge in [-0.1, -0.05) is 13.0 Å². The largest absolute Gasteiger partial charge is 0.478 e. The molecule has 3 rings (SSSR count). The smallest absolute Gasteiger partial charge is 0.265 e. The van der Waals surface area contributed by atoms with Crippen molar-refractivity contribution in [3.8, 4) is 5.75 Å². The monoisotopic (exact) mass is 331 g/mol. The van der Waals surface area contributed by atoms with E-state index in [1.54, 1.807) is 0 Å². The quantitative estimate of drug-likeness (QED) is 0.788. The number of rotatable bonds is 4. The molecule has 0 radical (unpaired) electrons. The van der Waals surface area contributed by atoms with Crippen LogP contribution in [0, 0.1) is 5.92 Å². The van der Waals surface area contributed by atoms with Crippen LogP contribution < -0.4 is 20.7 Å². The van der Waals surface area contributed by atoms with Crippen molar-refractivity contribution in [2.24, 2.45) is 5.92 Å². The van der Waals surface area contributed by atoms with Gasteiger partial charge in [-0.3, -0.25) is 9.59 Å². The molecule has 6 heteroatoms. The molecule has 0 spiro atoms. The SMILES string of the molecule is CCC1Oc2cc(C(C)NC(=O)C3CCCNC3)ccc2NC1=O. The molecule has 1 saturated heterocycles. The second-order valence-corrected chi connectivity index (χ2v) is 6.53. The molecule has 1 aromatic rings. The Morgan fingerprint density at radius 1 is 1.46 bits per heavy atom. The Hall–Kier alpha value is -2.08. The Morgan fingerprint density at radius 2 is 2.29 bits per heavy atom. The van der Waals surface area contributed by atoms with Crippen LogP contribution in [0.3, 0.4) is 0 Å². The summed E-state index contributed by atoms with van der Waals surface area (Å²) in [7, 11) is 0. The molecule has 2 heterocycles. The van der Waals surface area contributed by atoms with Gasteiger partial charge < -0.3 is 20.7 Å². The van der Waals surface area contributed by atoms with Crippen molar-refractivity contribution in [1.82, 2.24) is 10.6 Å². The van der Waals surface area contributed by atoms with Crippen LogP contribution in [-0.2, 0) is 9.59 Å². The van der Waals surface area contributed by atoms with Crippen molar-refractivity contribution >= 4 is 17.5 Å². The Morgan fingerprint density at radius 3 is 3.00 bits per heavy atom. The number of carbonyl (C=O) groups is 2. The number of hydrogen-bond acceptors (Lipinski definition) is 4. The highest BCUT2D eigenvalue weighted by atomic mass is 16.5. The first-order valence-electron chi connectivity index (χ1n) is 8.71. The van der Waals surface area contributed by atoms with Gasteiger partial charge in [-0.15, -0.1) is 0 Å². The third-order valence-corrected chi connectivity index (χ3v) is 4.72. The standard InChI is InChI=1S/C18H25N3O3/c1-3-15-18(23)21-14-7-6-12(9-16(14)24-15)11(2)20-17(22)13-5-4-8-19-10-13/h6-7,9,11,13,15,19H,3-5,8,10H2,1-2H3,(H,20,22)(H,21,23). The van der Waals surface area contributed by atoms with Crippen molar-refractivity contribution < 1.29 is 14.3 Å². The van der Waals surface area contributed by atoms with Crippen LogP contribution in [0.15, 0.2) is 18.2 Å². The topological polar surface area (TPSA) is 79.5 Å². The van der Waals surface area contributed by atoms with Crippen molar-refractivity contribution in [2.75, 3.05) is 18.4 Å². The van der Waals surface area contributed by atoms with Gasteiger partial charge in [-0.05, 0) is 50.4 Å². The lowest BCUT2D eigenvalue weighted by atomic mass is 9.97. The summed E-state index contributed by atoms with van der Waals surface area (Å²) in [5.74, 6) is 0.690. The molecule has 1 fully saturated rings. The Balaban J connectivity index is 1.68. The molecule has 2 aliphatic heterocycles. The van der Waals surface area contributed by atoms with E-state index in [2.05, 4.69) is 16.0 Å². The van der Waals surface area contributed by atoms with Gasteiger partial charge in [-0.25, -0.2) is 0 Å². The van der Waals surface area contributed by atoms with Crippen LogP contribution in [0.4, 0.5) is 5.69 Å². The first-order valence-corrected chi connectivity index (χ1v) is 8.71. The summed E-state index contributed by atoms with van der Waals surface area (Å²) in [5.41, 5.74) is 1.65. The lowest BCUT2D eigenvalue weighted by molar-refractivity contribution is -0.126. The van der Waals surface area contributed by atoms with Gasteiger partial charge in [0.1, 0.15) is 5.75 Å². The number of carbonyl (C=O) groups excluding carboxylic acids is 2. The van der Waals surface area contributed by atoms with Crippen molar-refractivity contribution in [1.29, 1.82) is 0 Å². The van der Waals surface area contributed by atoms with Crippen LogP contribution >= 0.6 is 0 Å². The van der Waals surface area contributed by atoms with E-state index in [0.717, 1.165) is 31.5 Å². The van der Waals surface area contributed by atoms with Gasteiger partial charge in [0.25, 0.3) is 5.91 Å². The summed E-state index contributed by atoms with van der Waals surface area (Å²) < 4.78 is 5.77. The van der Waals surface area contributed by atoms with Crippen LogP contribution in [0.1, 0.15) is 44.7 Å². The number of amides is 2. The average molecular weight is 331 g/mol. The zero-order chi connectivity index (χ0) is 17.1. The average Bonchev–Trinajstić information content (AvgIpc) is 2.61. The summed E-state index contributed by atoms with van der Waals surface area (Å²) in [5, 5.41) is 9.21. The molecule has 3 unspecified atom stereocenters. The van der Waals surface area contributed by atoms with E-state index >= 15 is 0 Å². The number of hydrogen-bond donors (Lipinski definition) is 3. The third-order valence-electron chi connectivity index (χ3n) is 4.72. The Labute approximate surface area is 142 Å². The summed E-state index contributed by atoms with van der Waals surface area (Å²) in [6, 6.07) is 5.55. The number of nitrogens with one attached hydrogen (secondary N) is 3. The highest BCUT2D eigenvalue weighted by molar-refractivity contribution is 5.97. The lowest BCUT2D eigenvalue weighted by Gasteiger charge is -2.27. The van der Waals surface area contributed by atoms with E-state index in [0.29, 0.717) is 17.9 Å². The molecular weight excluding hydrogens is 306 g/mol. The number of fused-ring (bicyclic) bond motifs is 1. The van der Waals surface area contributed by atoms with Crippen LogP contribution in [0.25, 0.3) is 0 Å². The number of ether oxygens (including phenoxy) is 1. The molecule has 3 atom stereocenters. The van der Waals surface area contributed by atoms with E-state index in [9.17, 15) is 9.59 Å². The molecule has 130 valence electrons. The van der Waals surface area contributed by atoms with E-state index in [-0.39, 0.29) is 23.8 Å². The van der Waals surface area contributed by atoms with E-state index in [1.807, 2.05) is 32.0 Å². The minimum absolute atomic E-state index is 0.0406. The number of piperidine rings is 1. The predicted molar refractivity (Wildman–Crippen MR) is 91.9 cm³/mol. The van der Waals surface area contributed by atoms with Gasteiger partial charge in [0.05, 0.1) is 17.6 Å². The van der Waals surface area contributed by atoms with Gasteiger partial charge in [0.2, 0.25) is 5.91 Å². The third kappa shape index (κ3) is 3.53. The van der Waals surface area contributed by atoms with Crippen molar-refractivity contribution in [3.05, 3.63) is 23.8 Å². The molecule has 0 aromatic heterocycles. The van der Waals surface area contributed by atoms with E-state index in [1.165, 1.54) is 0 Å². The molecule has 0 aliphatic carbocycles. The Kier molecular flexibility index (Phi) is 5.04. The van der Waals surface area contributed by atoms with E-state index < -0.39 is 6.10 Å². The van der Waals surface area contributed by atoms with E-state index in [4.69, 9.17) is 4.74 Å². The van der Waals surface area contributed by atoms with Crippen LogP contribution in [0.5, 0.6) is 5.75 Å². The van der Waals surface area contributed by atoms with Crippen molar-refractivity contribution in [2.45, 2.75) is 45.3 Å². The molecule has 24 heavy (non-hydrogen) atoms. The normalized spacial score (nSPS) is 24.3. The van der Waals surface area contributed by atoms with Gasteiger partial charge in [0.15, 0.2) is 6.10 Å². The van der Waals surface area contributed by atoms with Gasteiger partial charge in [0, 0.05) is 6.54 Å². The zero-order valence-electron chi connectivity index (χ0n) is 14.2. The maximum Gasteiger partial charge on any atom is 0.265 e. The second-order valence-electron chi connectivity index (χ2n) is 6.53. The molecule has 0 bridgehead atoms. The minimum atomic E-state index is -0.453. The summed E-state index contributed by atoms with van der Waals surface area (Å²) in [4.78, 5) is 24.2. The summed E-state index contributed by atoms with van der Waals surface area (Å²) >= 11 is 0. The number of benzene rings is 1. The second kappa shape index (κ2) is 7.21. The van der Waals surface area contributed by atoms with Crippen molar-refractivity contribution in [3.63, 3.8) is 0 Å². The highest BCUT2D eigenvalue weighted by Gasteiger charge is 2.27. The van der Waals surface area contributed by atoms with Gasteiger partial charge >= 0.3 is 0 Å². The summed E-state index contributed by atoms with van der Waals surface area (Å²) in [6.07, 6.45) is 2.14. The molecule has 2 aliphatic rings. The fourth-order valence-electron chi connectivity index (χ4n) is 3.19. The maximum atomic E-state index is 12.4. The molecule has 6 nitrogen and oxygen atoms in total. The maximum absolute atomic E-state index is 12.4. The molecule has 0 saturated carbocycles. The van der Waals surface area contributed by atoms with Gasteiger partial charge in [-0.2, -0.15) is 0 Å². The zero-order valence-corrected chi connectivity index (χ0v) is 14.2. The highest BCUT2D eigenvalue weighted by Crippen LogP contribution is 2.33. The summed E-state index contributed by atoms with van der Waals surface area (Å²) in [6.45, 7) is 5.62. The fraction of sp³-hybridized carbons (Fsp3) is 0.556. The first-order chi connectivity index (χ1) is 11.6. The predicted octanol–water partition coefficient (Wildman–Crippen LogP) is 1.97.